The van der Waals surface area contributed by atoms with Crippen LogP contribution in [0.1, 0.15) is 24.8 Å². The molecular formula is C25H24N6. The first-order chi connectivity index (χ1) is 15.3. The van der Waals surface area contributed by atoms with E-state index < -0.39 is 0 Å². The predicted octanol–water partition coefficient (Wildman–Crippen LogP) is 5.15. The summed E-state index contributed by atoms with van der Waals surface area (Å²) in [6.45, 7) is 3.32. The number of fused-ring (bicyclic) bond motifs is 2. The van der Waals surface area contributed by atoms with Crippen LogP contribution in [0.2, 0.25) is 0 Å². The lowest BCUT2D eigenvalue weighted by molar-refractivity contribution is 0.220. The van der Waals surface area contributed by atoms with Gasteiger partial charge in [0.05, 0.1) is 5.69 Å². The summed E-state index contributed by atoms with van der Waals surface area (Å²) in [5.41, 5.74) is 7.16. The van der Waals surface area contributed by atoms with Crippen molar-refractivity contribution in [2.24, 2.45) is 0 Å². The fourth-order valence-electron chi connectivity index (χ4n) is 4.58. The molecule has 5 aromatic rings. The molecule has 4 aromatic heterocycles. The number of nitrogens with zero attached hydrogens (tertiary/aromatic N) is 4. The first-order valence-corrected chi connectivity index (χ1v) is 10.9. The van der Waals surface area contributed by atoms with E-state index in [2.05, 4.69) is 60.4 Å². The summed E-state index contributed by atoms with van der Waals surface area (Å²) in [6, 6.07) is 14.8. The fourth-order valence-corrected chi connectivity index (χ4v) is 4.58. The van der Waals surface area contributed by atoms with E-state index in [-0.39, 0.29) is 0 Å². The van der Waals surface area contributed by atoms with Gasteiger partial charge >= 0.3 is 0 Å². The Bertz CT molecular complexity index is 1330. The number of rotatable bonds is 4. The van der Waals surface area contributed by atoms with Crippen LogP contribution in [0.15, 0.2) is 61.1 Å². The minimum Gasteiger partial charge on any atom is -0.353 e. The van der Waals surface area contributed by atoms with E-state index in [0.717, 1.165) is 45.6 Å². The lowest BCUT2D eigenvalue weighted by Crippen LogP contribution is -2.29. The highest BCUT2D eigenvalue weighted by atomic mass is 15.2. The molecule has 6 heteroatoms. The van der Waals surface area contributed by atoms with Crippen LogP contribution < -0.4 is 0 Å². The lowest BCUT2D eigenvalue weighted by Gasteiger charge is -2.26. The van der Waals surface area contributed by atoms with Crippen molar-refractivity contribution in [1.82, 2.24) is 30.0 Å². The summed E-state index contributed by atoms with van der Waals surface area (Å²) in [6.07, 6.45) is 9.75. The normalized spacial score (nSPS) is 15.1. The Morgan fingerprint density at radius 2 is 1.77 bits per heavy atom. The molecule has 1 aliphatic heterocycles. The van der Waals surface area contributed by atoms with Crippen LogP contribution in [0, 0.1) is 0 Å². The van der Waals surface area contributed by atoms with E-state index >= 15 is 0 Å². The van der Waals surface area contributed by atoms with Gasteiger partial charge in [-0.15, -0.1) is 0 Å². The number of para-hydroxylation sites is 1. The molecule has 31 heavy (non-hydrogen) atoms. The molecule has 1 aliphatic rings. The number of nitrogens with one attached hydrogen (secondary N) is 2. The second-order valence-corrected chi connectivity index (χ2v) is 8.38. The molecule has 1 saturated heterocycles. The minimum absolute atomic E-state index is 0.787. The first kappa shape index (κ1) is 18.3. The Hall–Kier alpha value is -3.51. The van der Waals surface area contributed by atoms with Crippen LogP contribution in [-0.4, -0.2) is 43.1 Å². The third-order valence-electron chi connectivity index (χ3n) is 6.18. The summed E-state index contributed by atoms with van der Waals surface area (Å²) < 4.78 is 0. The smallest absolute Gasteiger partial charge is 0.155 e. The van der Waals surface area contributed by atoms with Crippen LogP contribution in [0.25, 0.3) is 44.5 Å². The van der Waals surface area contributed by atoms with Gasteiger partial charge in [-0.2, -0.15) is 5.10 Å². The van der Waals surface area contributed by atoms with Crippen molar-refractivity contribution in [3.8, 4) is 22.5 Å². The standard InChI is InChI=1S/C25H24N6/c1-4-8-31(9-5-1)16-17-10-19(14-26-13-17)20-11-21-24(29-30-25(21)27-15-20)23-12-18-6-2-3-7-22(18)28-23/h2-3,6-7,10-15,28H,1,4-5,8-9,16H2,(H,27,29,30). The van der Waals surface area contributed by atoms with Gasteiger partial charge in [0.1, 0.15) is 5.69 Å². The molecule has 1 aromatic carbocycles. The van der Waals surface area contributed by atoms with E-state index in [1.165, 1.54) is 43.3 Å². The molecular weight excluding hydrogens is 384 g/mol. The Balaban J connectivity index is 1.36. The Morgan fingerprint density at radius 3 is 2.68 bits per heavy atom. The molecule has 0 saturated carbocycles. The van der Waals surface area contributed by atoms with E-state index in [1.54, 1.807) is 0 Å². The third kappa shape index (κ3) is 3.49. The largest absolute Gasteiger partial charge is 0.353 e. The predicted molar refractivity (Wildman–Crippen MR) is 124 cm³/mol. The summed E-state index contributed by atoms with van der Waals surface area (Å²) in [7, 11) is 0. The van der Waals surface area contributed by atoms with Gasteiger partial charge in [-0.1, -0.05) is 24.6 Å². The molecule has 0 unspecified atom stereocenters. The molecule has 0 atom stereocenters. The van der Waals surface area contributed by atoms with Crippen molar-refractivity contribution in [2.75, 3.05) is 13.1 Å². The van der Waals surface area contributed by atoms with Crippen molar-refractivity contribution in [3.63, 3.8) is 0 Å². The minimum atomic E-state index is 0.787. The number of aromatic nitrogens is 5. The highest BCUT2D eigenvalue weighted by molar-refractivity contribution is 5.95. The molecule has 6 rings (SSSR count). The number of pyridine rings is 2. The number of likely N-dealkylation sites (tertiary alicyclic amines) is 1. The Morgan fingerprint density at radius 1 is 0.903 bits per heavy atom. The van der Waals surface area contributed by atoms with Gasteiger partial charge in [-0.25, -0.2) is 4.98 Å². The summed E-state index contributed by atoms with van der Waals surface area (Å²) in [5, 5.41) is 9.80. The van der Waals surface area contributed by atoms with Gasteiger partial charge in [-0.3, -0.25) is 15.0 Å². The quantitative estimate of drug-likeness (QED) is 0.431. The number of piperidine rings is 1. The summed E-state index contributed by atoms with van der Waals surface area (Å²) >= 11 is 0. The van der Waals surface area contributed by atoms with Gasteiger partial charge in [0.15, 0.2) is 5.65 Å². The monoisotopic (exact) mass is 408 g/mol. The second kappa shape index (κ2) is 7.63. The number of hydrogen-bond donors (Lipinski definition) is 2. The van der Waals surface area contributed by atoms with E-state index in [1.807, 2.05) is 30.7 Å². The molecule has 0 aliphatic carbocycles. The maximum absolute atomic E-state index is 4.63. The zero-order valence-electron chi connectivity index (χ0n) is 17.3. The number of hydrogen-bond acceptors (Lipinski definition) is 4. The zero-order valence-corrected chi connectivity index (χ0v) is 17.3. The van der Waals surface area contributed by atoms with Crippen molar-refractivity contribution in [2.45, 2.75) is 25.8 Å². The average Bonchev–Trinajstić information content (AvgIpc) is 3.43. The van der Waals surface area contributed by atoms with Gasteiger partial charge in [0.2, 0.25) is 0 Å². The fraction of sp³-hybridized carbons (Fsp3) is 0.240. The van der Waals surface area contributed by atoms with Gasteiger partial charge in [0, 0.05) is 52.6 Å². The van der Waals surface area contributed by atoms with Gasteiger partial charge < -0.3 is 4.98 Å². The molecule has 5 heterocycles. The summed E-state index contributed by atoms with van der Waals surface area (Å²) in [4.78, 5) is 15.2. The van der Waals surface area contributed by atoms with E-state index in [4.69, 9.17) is 0 Å². The topological polar surface area (TPSA) is 73.5 Å². The SMILES string of the molecule is c1ccc2[nH]c(-c3n[nH]c4ncc(-c5cncc(CN6CCCCC6)c5)cc34)cc2c1. The van der Waals surface area contributed by atoms with E-state index in [0.29, 0.717) is 0 Å². The molecule has 0 spiro atoms. The van der Waals surface area contributed by atoms with Crippen LogP contribution in [0.5, 0.6) is 0 Å². The maximum Gasteiger partial charge on any atom is 0.155 e. The van der Waals surface area contributed by atoms with Crippen molar-refractivity contribution < 1.29 is 0 Å². The van der Waals surface area contributed by atoms with Gasteiger partial charge in [0.25, 0.3) is 0 Å². The first-order valence-electron chi connectivity index (χ1n) is 10.9. The lowest BCUT2D eigenvalue weighted by atomic mass is 10.0. The highest BCUT2D eigenvalue weighted by Crippen LogP contribution is 2.31. The van der Waals surface area contributed by atoms with Crippen LogP contribution in [0.4, 0.5) is 0 Å². The third-order valence-corrected chi connectivity index (χ3v) is 6.18. The van der Waals surface area contributed by atoms with Crippen molar-refractivity contribution in [3.05, 3.63) is 66.6 Å². The molecule has 0 amide bonds. The Labute approximate surface area is 180 Å². The van der Waals surface area contributed by atoms with Crippen LogP contribution in [0.3, 0.4) is 0 Å². The van der Waals surface area contributed by atoms with Crippen molar-refractivity contribution >= 4 is 21.9 Å². The van der Waals surface area contributed by atoms with Crippen LogP contribution >= 0.6 is 0 Å². The molecule has 2 N–H and O–H groups in total. The second-order valence-electron chi connectivity index (χ2n) is 8.38. The molecule has 0 radical (unpaired) electrons. The average molecular weight is 409 g/mol. The Kier molecular flexibility index (Phi) is 4.50. The van der Waals surface area contributed by atoms with E-state index in [9.17, 15) is 0 Å². The zero-order chi connectivity index (χ0) is 20.6. The van der Waals surface area contributed by atoms with Gasteiger partial charge in [-0.05, 0) is 55.8 Å². The molecule has 1 fully saturated rings. The molecule has 0 bridgehead atoms. The number of benzene rings is 1. The molecule has 6 nitrogen and oxygen atoms in total. The maximum atomic E-state index is 4.63. The van der Waals surface area contributed by atoms with Crippen molar-refractivity contribution in [1.29, 1.82) is 0 Å². The highest BCUT2D eigenvalue weighted by Gasteiger charge is 2.14. The number of aromatic amines is 2. The number of H-pyrrole nitrogens is 2. The summed E-state index contributed by atoms with van der Waals surface area (Å²) in [5.74, 6) is 0. The van der Waals surface area contributed by atoms with Crippen LogP contribution in [-0.2, 0) is 6.54 Å². The molecule has 154 valence electrons.